The van der Waals surface area contributed by atoms with Crippen LogP contribution in [-0.4, -0.2) is 39.1 Å². The number of carbonyl (C=O) groups excluding carboxylic acids is 1. The minimum Gasteiger partial charge on any atom is -0.497 e. The van der Waals surface area contributed by atoms with Crippen molar-refractivity contribution in [2.45, 2.75) is 25.6 Å². The van der Waals surface area contributed by atoms with Gasteiger partial charge in [0.05, 0.1) is 18.9 Å². The zero-order chi connectivity index (χ0) is 19.3. The van der Waals surface area contributed by atoms with Gasteiger partial charge in [0.15, 0.2) is 9.84 Å². The summed E-state index contributed by atoms with van der Waals surface area (Å²) < 4.78 is 28.0. The third kappa shape index (κ3) is 5.08. The maximum absolute atomic E-state index is 12.9. The molecule has 2 aromatic carbocycles. The van der Waals surface area contributed by atoms with E-state index >= 15 is 0 Å². The number of hydrogen-bond donors (Lipinski definition) is 0. The lowest BCUT2D eigenvalue weighted by Crippen LogP contribution is -2.33. The van der Waals surface area contributed by atoms with E-state index in [9.17, 15) is 13.2 Å². The van der Waals surface area contributed by atoms with E-state index in [1.807, 2.05) is 38.1 Å². The Morgan fingerprint density at radius 1 is 1.15 bits per heavy atom. The number of rotatable bonds is 7. The molecule has 0 aliphatic rings. The zero-order valence-corrected chi connectivity index (χ0v) is 16.4. The quantitative estimate of drug-likeness (QED) is 0.743. The molecular formula is C20H25NO4S. The molecule has 140 valence electrons. The highest BCUT2D eigenvalue weighted by atomic mass is 32.2. The molecular weight excluding hydrogens is 350 g/mol. The Balaban J connectivity index is 2.22. The van der Waals surface area contributed by atoms with Crippen LogP contribution in [0.4, 0.5) is 0 Å². The Labute approximate surface area is 155 Å². The van der Waals surface area contributed by atoms with Gasteiger partial charge in [-0.15, -0.1) is 0 Å². The van der Waals surface area contributed by atoms with Crippen molar-refractivity contribution in [1.29, 1.82) is 0 Å². The predicted molar refractivity (Wildman–Crippen MR) is 103 cm³/mol. The summed E-state index contributed by atoms with van der Waals surface area (Å²) in [6.45, 7) is 4.48. The molecule has 0 fully saturated rings. The first-order valence-corrected chi connectivity index (χ1v) is 10.5. The van der Waals surface area contributed by atoms with Crippen molar-refractivity contribution < 1.29 is 17.9 Å². The molecule has 0 heterocycles. The highest BCUT2D eigenvalue weighted by Crippen LogP contribution is 2.25. The van der Waals surface area contributed by atoms with Gasteiger partial charge >= 0.3 is 0 Å². The minimum atomic E-state index is -3.09. The van der Waals surface area contributed by atoms with Crippen molar-refractivity contribution in [3.05, 3.63) is 65.2 Å². The minimum absolute atomic E-state index is 0.0286. The summed E-state index contributed by atoms with van der Waals surface area (Å²) in [5, 5.41) is 0. The van der Waals surface area contributed by atoms with Gasteiger partial charge < -0.3 is 9.64 Å². The number of amides is 1. The van der Waals surface area contributed by atoms with Crippen LogP contribution < -0.4 is 4.74 Å². The first-order chi connectivity index (χ1) is 12.2. The normalized spacial score (nSPS) is 12.5. The summed E-state index contributed by atoms with van der Waals surface area (Å²) in [7, 11) is -1.48. The molecule has 0 bridgehead atoms. The van der Waals surface area contributed by atoms with Crippen LogP contribution in [0.5, 0.6) is 5.75 Å². The summed E-state index contributed by atoms with van der Waals surface area (Å²) in [5.74, 6) is 0.635. The van der Waals surface area contributed by atoms with E-state index in [0.717, 1.165) is 11.3 Å². The van der Waals surface area contributed by atoms with Gasteiger partial charge in [0.1, 0.15) is 5.75 Å². The van der Waals surface area contributed by atoms with Crippen molar-refractivity contribution in [2.75, 3.05) is 19.9 Å². The number of sulfone groups is 1. The van der Waals surface area contributed by atoms with Crippen LogP contribution in [0.15, 0.2) is 48.5 Å². The Bertz CT molecular complexity index is 860. The van der Waals surface area contributed by atoms with Crippen molar-refractivity contribution in [3.63, 3.8) is 0 Å². The van der Waals surface area contributed by atoms with Gasteiger partial charge in [0.2, 0.25) is 0 Å². The second kappa shape index (κ2) is 8.36. The Hall–Kier alpha value is -2.34. The van der Waals surface area contributed by atoms with Crippen LogP contribution >= 0.6 is 0 Å². The highest BCUT2D eigenvalue weighted by Gasteiger charge is 2.21. The van der Waals surface area contributed by atoms with Crippen molar-refractivity contribution >= 4 is 15.7 Å². The molecule has 0 aliphatic carbocycles. The van der Waals surface area contributed by atoms with E-state index < -0.39 is 9.84 Å². The average Bonchev–Trinajstić information content (AvgIpc) is 2.61. The van der Waals surface area contributed by atoms with Crippen molar-refractivity contribution in [3.8, 4) is 5.75 Å². The van der Waals surface area contributed by atoms with Crippen LogP contribution in [-0.2, 0) is 15.6 Å². The van der Waals surface area contributed by atoms with Crippen LogP contribution in [0, 0.1) is 0 Å². The molecule has 0 aliphatic heterocycles. The number of hydrogen-bond acceptors (Lipinski definition) is 4. The van der Waals surface area contributed by atoms with Crippen LogP contribution in [0.25, 0.3) is 0 Å². The van der Waals surface area contributed by atoms with Gasteiger partial charge in [-0.3, -0.25) is 4.79 Å². The predicted octanol–water partition coefficient (Wildman–Crippen LogP) is 3.46. The van der Waals surface area contributed by atoms with E-state index in [2.05, 4.69) is 0 Å². The summed E-state index contributed by atoms with van der Waals surface area (Å²) in [4.78, 5) is 14.7. The molecule has 26 heavy (non-hydrogen) atoms. The van der Waals surface area contributed by atoms with Gasteiger partial charge in [-0.2, -0.15) is 0 Å². The van der Waals surface area contributed by atoms with Crippen LogP contribution in [0.1, 0.15) is 41.4 Å². The van der Waals surface area contributed by atoms with Crippen LogP contribution in [0.3, 0.4) is 0 Å². The number of methoxy groups -OCH3 is 1. The molecule has 0 spiro atoms. The van der Waals surface area contributed by atoms with E-state index in [1.54, 1.807) is 36.3 Å². The fourth-order valence-electron chi connectivity index (χ4n) is 2.89. The average molecular weight is 375 g/mol. The monoisotopic (exact) mass is 375 g/mol. The molecule has 0 N–H and O–H groups in total. The topological polar surface area (TPSA) is 63.7 Å². The van der Waals surface area contributed by atoms with E-state index in [-0.39, 0.29) is 17.7 Å². The molecule has 0 saturated heterocycles. The highest BCUT2D eigenvalue weighted by molar-refractivity contribution is 7.89. The Kier molecular flexibility index (Phi) is 6.42. The molecule has 2 rings (SSSR count). The first kappa shape index (κ1) is 20.0. The molecule has 6 heteroatoms. The Morgan fingerprint density at radius 3 is 2.35 bits per heavy atom. The summed E-state index contributed by atoms with van der Waals surface area (Å²) in [6, 6.07) is 14.3. The summed E-state index contributed by atoms with van der Waals surface area (Å²) in [6.07, 6.45) is 1.20. The second-order valence-corrected chi connectivity index (χ2v) is 8.45. The van der Waals surface area contributed by atoms with Gasteiger partial charge in [0, 0.05) is 18.4 Å². The molecule has 1 atom stereocenters. The maximum atomic E-state index is 12.9. The number of ether oxygens (including phenoxy) is 1. The lowest BCUT2D eigenvalue weighted by Gasteiger charge is -2.29. The fourth-order valence-corrected chi connectivity index (χ4v) is 3.68. The molecule has 1 unspecified atom stereocenters. The number of carbonyl (C=O) groups is 1. The third-order valence-corrected chi connectivity index (χ3v) is 5.13. The molecule has 0 aromatic heterocycles. The second-order valence-electron chi connectivity index (χ2n) is 6.31. The van der Waals surface area contributed by atoms with Crippen LogP contribution in [0.2, 0.25) is 0 Å². The SMILES string of the molecule is CCN(C(=O)c1ccc(CS(C)(=O)=O)cc1)C(C)c1cccc(OC)c1. The Morgan fingerprint density at radius 2 is 1.81 bits per heavy atom. The molecule has 5 nitrogen and oxygen atoms in total. The molecule has 0 saturated carbocycles. The standard InChI is InChI=1S/C20H25NO4S/c1-5-21(15(2)18-7-6-8-19(13-18)25-3)20(22)17-11-9-16(10-12-17)14-26(4,23)24/h6-13,15H,5,14H2,1-4H3. The maximum Gasteiger partial charge on any atom is 0.254 e. The molecule has 0 radical (unpaired) electrons. The molecule has 1 amide bonds. The van der Waals surface area contributed by atoms with Gasteiger partial charge in [-0.1, -0.05) is 24.3 Å². The van der Waals surface area contributed by atoms with E-state index in [0.29, 0.717) is 17.7 Å². The third-order valence-electron chi connectivity index (χ3n) is 4.28. The number of benzene rings is 2. The fraction of sp³-hybridized carbons (Fsp3) is 0.350. The van der Waals surface area contributed by atoms with Gasteiger partial charge in [0.25, 0.3) is 5.91 Å². The number of nitrogens with zero attached hydrogens (tertiary/aromatic N) is 1. The largest absolute Gasteiger partial charge is 0.497 e. The first-order valence-electron chi connectivity index (χ1n) is 8.46. The van der Waals surface area contributed by atoms with E-state index in [4.69, 9.17) is 4.74 Å². The smallest absolute Gasteiger partial charge is 0.254 e. The summed E-state index contributed by atoms with van der Waals surface area (Å²) >= 11 is 0. The van der Waals surface area contributed by atoms with Gasteiger partial charge in [-0.05, 0) is 49.2 Å². The van der Waals surface area contributed by atoms with Gasteiger partial charge in [-0.25, -0.2) is 8.42 Å². The van der Waals surface area contributed by atoms with E-state index in [1.165, 1.54) is 6.26 Å². The molecule has 2 aromatic rings. The lowest BCUT2D eigenvalue weighted by atomic mass is 10.0. The zero-order valence-electron chi connectivity index (χ0n) is 15.6. The van der Waals surface area contributed by atoms with Crippen molar-refractivity contribution in [2.24, 2.45) is 0 Å². The van der Waals surface area contributed by atoms with Crippen molar-refractivity contribution in [1.82, 2.24) is 4.90 Å². The summed E-state index contributed by atoms with van der Waals surface area (Å²) in [5.41, 5.74) is 2.21. The lowest BCUT2D eigenvalue weighted by molar-refractivity contribution is 0.0702.